The molecule has 1 amide bonds. The van der Waals surface area contributed by atoms with Crippen molar-refractivity contribution in [1.82, 2.24) is 5.32 Å². The Bertz CT molecular complexity index is 224. The highest BCUT2D eigenvalue weighted by Gasteiger charge is 2.35. The summed E-state index contributed by atoms with van der Waals surface area (Å²) in [7, 11) is 0. The molecule has 0 aromatic heterocycles. The van der Waals surface area contributed by atoms with Gasteiger partial charge in [-0.3, -0.25) is 4.79 Å². The van der Waals surface area contributed by atoms with Crippen molar-refractivity contribution >= 4 is 17.7 Å². The fourth-order valence-corrected chi connectivity index (χ4v) is 2.60. The van der Waals surface area contributed by atoms with Crippen molar-refractivity contribution in [2.45, 2.75) is 45.1 Å². The fourth-order valence-electron chi connectivity index (χ4n) is 2.11. The van der Waals surface area contributed by atoms with Crippen LogP contribution in [0.15, 0.2) is 0 Å². The maximum absolute atomic E-state index is 11.7. The van der Waals surface area contributed by atoms with Crippen LogP contribution in [0.4, 0.5) is 0 Å². The third kappa shape index (κ3) is 3.67. The molecule has 0 saturated heterocycles. The summed E-state index contributed by atoms with van der Waals surface area (Å²) in [5.41, 5.74) is 6.19. The van der Waals surface area contributed by atoms with Crippen molar-refractivity contribution in [3.05, 3.63) is 0 Å². The quantitative estimate of drug-likeness (QED) is 0.717. The molecule has 3 nitrogen and oxygen atoms in total. The van der Waals surface area contributed by atoms with Gasteiger partial charge in [0.25, 0.3) is 0 Å². The van der Waals surface area contributed by atoms with Gasteiger partial charge in [-0.15, -0.1) is 0 Å². The third-order valence-electron chi connectivity index (χ3n) is 3.77. The van der Waals surface area contributed by atoms with Crippen LogP contribution in [0.25, 0.3) is 0 Å². The van der Waals surface area contributed by atoms with Crippen LogP contribution in [-0.2, 0) is 4.79 Å². The standard InChI is InChI=1S/C12H24N2OS/c1-3-12(6-4-7-12)9-14-11(15)10(13)5-8-16-2/h10H,3-9,13H2,1-2H3,(H,14,15)/t10-/m1/s1. The predicted molar refractivity (Wildman–Crippen MR) is 70.6 cm³/mol. The molecule has 94 valence electrons. The van der Waals surface area contributed by atoms with Gasteiger partial charge in [0.1, 0.15) is 0 Å². The Morgan fingerprint density at radius 1 is 1.56 bits per heavy atom. The third-order valence-corrected chi connectivity index (χ3v) is 4.42. The van der Waals surface area contributed by atoms with Crippen molar-refractivity contribution < 1.29 is 4.79 Å². The summed E-state index contributed by atoms with van der Waals surface area (Å²) in [5.74, 6) is 0.974. The summed E-state index contributed by atoms with van der Waals surface area (Å²) >= 11 is 1.73. The van der Waals surface area contributed by atoms with Crippen LogP contribution in [0, 0.1) is 5.41 Å². The van der Waals surface area contributed by atoms with Gasteiger partial charge < -0.3 is 11.1 Å². The lowest BCUT2D eigenvalue weighted by Crippen LogP contribution is -2.47. The molecule has 1 rings (SSSR count). The zero-order valence-corrected chi connectivity index (χ0v) is 11.2. The van der Waals surface area contributed by atoms with Crippen LogP contribution in [0.1, 0.15) is 39.0 Å². The van der Waals surface area contributed by atoms with Crippen LogP contribution in [0.2, 0.25) is 0 Å². The second-order valence-electron chi connectivity index (χ2n) is 4.81. The molecule has 0 spiro atoms. The van der Waals surface area contributed by atoms with E-state index in [0.29, 0.717) is 5.41 Å². The molecule has 0 bridgehead atoms. The summed E-state index contributed by atoms with van der Waals surface area (Å²) in [6.07, 6.45) is 7.78. The first-order valence-corrected chi connectivity index (χ1v) is 7.55. The summed E-state index contributed by atoms with van der Waals surface area (Å²) in [6, 6.07) is -0.332. The molecule has 0 radical (unpaired) electrons. The van der Waals surface area contributed by atoms with Gasteiger partial charge in [-0.1, -0.05) is 13.3 Å². The zero-order valence-electron chi connectivity index (χ0n) is 10.4. The number of nitrogens with two attached hydrogens (primary N) is 1. The van der Waals surface area contributed by atoms with E-state index in [1.807, 2.05) is 6.26 Å². The lowest BCUT2D eigenvalue weighted by molar-refractivity contribution is -0.123. The van der Waals surface area contributed by atoms with E-state index >= 15 is 0 Å². The molecule has 4 heteroatoms. The number of thioether (sulfide) groups is 1. The van der Waals surface area contributed by atoms with Crippen molar-refractivity contribution in [3.63, 3.8) is 0 Å². The number of amides is 1. The molecule has 0 heterocycles. The van der Waals surface area contributed by atoms with E-state index in [9.17, 15) is 4.79 Å². The lowest BCUT2D eigenvalue weighted by atomic mass is 9.67. The molecule has 0 aromatic carbocycles. The largest absolute Gasteiger partial charge is 0.354 e. The van der Waals surface area contributed by atoms with Gasteiger partial charge in [-0.2, -0.15) is 11.8 Å². The van der Waals surface area contributed by atoms with E-state index < -0.39 is 0 Å². The average Bonchev–Trinajstić information content (AvgIpc) is 2.24. The first kappa shape index (κ1) is 13.8. The lowest BCUT2D eigenvalue weighted by Gasteiger charge is -2.41. The Labute approximate surface area is 103 Å². The number of nitrogens with one attached hydrogen (secondary N) is 1. The minimum absolute atomic E-state index is 0.0220. The molecular formula is C12H24N2OS. The number of carbonyl (C=O) groups excluding carboxylic acids is 1. The van der Waals surface area contributed by atoms with Crippen LogP contribution in [0.3, 0.4) is 0 Å². The van der Waals surface area contributed by atoms with Crippen molar-refractivity contribution in [3.8, 4) is 0 Å². The van der Waals surface area contributed by atoms with Gasteiger partial charge in [-0.05, 0) is 43.1 Å². The normalized spacial score (nSPS) is 19.9. The van der Waals surface area contributed by atoms with Crippen molar-refractivity contribution in [2.24, 2.45) is 11.1 Å². The molecule has 1 aliphatic rings. The van der Waals surface area contributed by atoms with E-state index in [1.165, 1.54) is 19.3 Å². The highest BCUT2D eigenvalue weighted by Crippen LogP contribution is 2.42. The molecule has 1 fully saturated rings. The number of carbonyl (C=O) groups is 1. The molecule has 1 aliphatic carbocycles. The molecule has 0 unspecified atom stereocenters. The van der Waals surface area contributed by atoms with E-state index in [1.54, 1.807) is 11.8 Å². The van der Waals surface area contributed by atoms with E-state index in [-0.39, 0.29) is 11.9 Å². The summed E-state index contributed by atoms with van der Waals surface area (Å²) < 4.78 is 0. The first-order valence-electron chi connectivity index (χ1n) is 6.16. The van der Waals surface area contributed by atoms with E-state index in [4.69, 9.17) is 5.73 Å². The summed E-state index contributed by atoms with van der Waals surface area (Å²) in [4.78, 5) is 11.7. The second kappa shape index (κ2) is 6.50. The fraction of sp³-hybridized carbons (Fsp3) is 0.917. The zero-order chi connectivity index (χ0) is 12.0. The SMILES string of the molecule is CCC1(CNC(=O)[C@H](N)CCSC)CCC1. The van der Waals surface area contributed by atoms with Gasteiger partial charge in [0.2, 0.25) is 5.91 Å². The minimum atomic E-state index is -0.332. The first-order chi connectivity index (χ1) is 7.63. The monoisotopic (exact) mass is 244 g/mol. The summed E-state index contributed by atoms with van der Waals surface area (Å²) in [6.45, 7) is 3.02. The minimum Gasteiger partial charge on any atom is -0.354 e. The molecule has 0 aliphatic heterocycles. The number of hydrogen-bond acceptors (Lipinski definition) is 3. The molecule has 16 heavy (non-hydrogen) atoms. The van der Waals surface area contributed by atoms with Gasteiger partial charge >= 0.3 is 0 Å². The average molecular weight is 244 g/mol. The molecular weight excluding hydrogens is 220 g/mol. The van der Waals surface area contributed by atoms with Crippen molar-refractivity contribution in [1.29, 1.82) is 0 Å². The van der Waals surface area contributed by atoms with Crippen LogP contribution < -0.4 is 11.1 Å². The highest BCUT2D eigenvalue weighted by atomic mass is 32.2. The Hall–Kier alpha value is -0.220. The Morgan fingerprint density at radius 2 is 2.25 bits per heavy atom. The van der Waals surface area contributed by atoms with Crippen molar-refractivity contribution in [2.75, 3.05) is 18.6 Å². The molecule has 0 aromatic rings. The van der Waals surface area contributed by atoms with Crippen LogP contribution in [0.5, 0.6) is 0 Å². The Morgan fingerprint density at radius 3 is 2.69 bits per heavy atom. The predicted octanol–water partition coefficient (Wildman–Crippen LogP) is 1.76. The van der Waals surface area contributed by atoms with Gasteiger partial charge in [0.15, 0.2) is 0 Å². The second-order valence-corrected chi connectivity index (χ2v) is 5.80. The molecule has 1 atom stereocenters. The Kier molecular flexibility index (Phi) is 5.62. The topological polar surface area (TPSA) is 55.1 Å². The van der Waals surface area contributed by atoms with E-state index in [2.05, 4.69) is 12.2 Å². The van der Waals surface area contributed by atoms with Crippen LogP contribution in [-0.4, -0.2) is 30.5 Å². The van der Waals surface area contributed by atoms with Crippen LogP contribution >= 0.6 is 11.8 Å². The summed E-state index contributed by atoms with van der Waals surface area (Å²) in [5, 5.41) is 3.01. The van der Waals surface area contributed by atoms with E-state index in [0.717, 1.165) is 25.1 Å². The number of rotatable bonds is 7. The smallest absolute Gasteiger partial charge is 0.236 e. The van der Waals surface area contributed by atoms with Gasteiger partial charge in [0.05, 0.1) is 6.04 Å². The molecule has 3 N–H and O–H groups in total. The highest BCUT2D eigenvalue weighted by molar-refractivity contribution is 7.98. The maximum Gasteiger partial charge on any atom is 0.236 e. The maximum atomic E-state index is 11.7. The number of hydrogen-bond donors (Lipinski definition) is 2. The van der Waals surface area contributed by atoms with Gasteiger partial charge in [0, 0.05) is 6.54 Å². The van der Waals surface area contributed by atoms with Gasteiger partial charge in [-0.25, -0.2) is 0 Å². The molecule has 1 saturated carbocycles. The Balaban J connectivity index is 2.23.